The van der Waals surface area contributed by atoms with Gasteiger partial charge >= 0.3 is 5.63 Å². The fourth-order valence-electron chi connectivity index (χ4n) is 2.84. The molecule has 0 aliphatic carbocycles. The van der Waals surface area contributed by atoms with Crippen LogP contribution in [-0.4, -0.2) is 20.8 Å². The number of hydrogen-bond acceptors (Lipinski definition) is 5. The molecule has 0 amide bonds. The minimum atomic E-state index is -0.359. The summed E-state index contributed by atoms with van der Waals surface area (Å²) >= 11 is 0. The Hall–Kier alpha value is -2.79. The molecule has 1 N–H and O–H groups in total. The van der Waals surface area contributed by atoms with Gasteiger partial charge in [-0.25, -0.2) is 4.79 Å². The van der Waals surface area contributed by atoms with Gasteiger partial charge in [0.1, 0.15) is 17.1 Å². The van der Waals surface area contributed by atoms with Crippen molar-refractivity contribution >= 4 is 11.0 Å². The van der Waals surface area contributed by atoms with Crippen molar-refractivity contribution in [2.24, 2.45) is 0 Å². The summed E-state index contributed by atoms with van der Waals surface area (Å²) in [6.45, 7) is 1.36. The second-order valence-corrected chi connectivity index (χ2v) is 5.69. The third-order valence-electron chi connectivity index (χ3n) is 4.12. The first-order chi connectivity index (χ1) is 12.2. The number of ether oxygens (including phenoxy) is 2. The van der Waals surface area contributed by atoms with Crippen molar-refractivity contribution in [2.45, 2.75) is 13.0 Å². The van der Waals surface area contributed by atoms with Gasteiger partial charge in [-0.1, -0.05) is 18.2 Å². The van der Waals surface area contributed by atoms with E-state index in [0.717, 1.165) is 35.2 Å². The summed E-state index contributed by atoms with van der Waals surface area (Å²) in [5.74, 6) is 1.55. The van der Waals surface area contributed by atoms with Crippen LogP contribution < -0.4 is 20.4 Å². The highest BCUT2D eigenvalue weighted by Gasteiger charge is 2.07. The molecule has 3 rings (SSSR count). The van der Waals surface area contributed by atoms with E-state index in [2.05, 4.69) is 11.4 Å². The fourth-order valence-corrected chi connectivity index (χ4v) is 2.84. The lowest BCUT2D eigenvalue weighted by atomic mass is 10.1. The van der Waals surface area contributed by atoms with Gasteiger partial charge in [0.2, 0.25) is 0 Å². The van der Waals surface area contributed by atoms with E-state index in [1.807, 2.05) is 30.3 Å². The van der Waals surface area contributed by atoms with Crippen LogP contribution in [0.5, 0.6) is 11.5 Å². The zero-order valence-electron chi connectivity index (χ0n) is 14.4. The average Bonchev–Trinajstić information content (AvgIpc) is 2.64. The van der Waals surface area contributed by atoms with Gasteiger partial charge in [0.05, 0.1) is 14.2 Å². The molecule has 1 aromatic heterocycles. The maximum Gasteiger partial charge on any atom is 0.336 e. The van der Waals surface area contributed by atoms with Gasteiger partial charge in [0.25, 0.3) is 0 Å². The molecule has 0 spiro atoms. The van der Waals surface area contributed by atoms with E-state index in [9.17, 15) is 4.79 Å². The largest absolute Gasteiger partial charge is 0.497 e. The summed E-state index contributed by atoms with van der Waals surface area (Å²) in [5, 5.41) is 4.29. The first-order valence-corrected chi connectivity index (χ1v) is 8.14. The number of benzene rings is 2. The van der Waals surface area contributed by atoms with Gasteiger partial charge in [0.15, 0.2) is 0 Å². The molecule has 0 unspecified atom stereocenters. The molecule has 5 heteroatoms. The highest BCUT2D eigenvalue weighted by atomic mass is 16.5. The van der Waals surface area contributed by atoms with E-state index >= 15 is 0 Å². The lowest BCUT2D eigenvalue weighted by Crippen LogP contribution is -2.18. The first kappa shape index (κ1) is 17.0. The SMILES string of the molecule is COc1ccc2c(CNCCc3ccccc3OC)cc(=O)oc2c1. The van der Waals surface area contributed by atoms with Crippen LogP contribution in [0, 0.1) is 0 Å². The highest BCUT2D eigenvalue weighted by Crippen LogP contribution is 2.22. The molecule has 5 nitrogen and oxygen atoms in total. The number of hydrogen-bond donors (Lipinski definition) is 1. The summed E-state index contributed by atoms with van der Waals surface area (Å²) in [7, 11) is 3.26. The molecular weight excluding hydrogens is 318 g/mol. The van der Waals surface area contributed by atoms with Crippen molar-refractivity contribution in [1.29, 1.82) is 0 Å². The maximum atomic E-state index is 11.8. The summed E-state index contributed by atoms with van der Waals surface area (Å²) in [4.78, 5) is 11.8. The molecule has 0 fully saturated rings. The van der Waals surface area contributed by atoms with Crippen LogP contribution in [-0.2, 0) is 13.0 Å². The van der Waals surface area contributed by atoms with Gasteiger partial charge < -0.3 is 19.2 Å². The minimum Gasteiger partial charge on any atom is -0.497 e. The molecule has 2 aromatic carbocycles. The smallest absolute Gasteiger partial charge is 0.336 e. The van der Waals surface area contributed by atoms with Crippen LogP contribution in [0.2, 0.25) is 0 Å². The van der Waals surface area contributed by atoms with Crippen LogP contribution in [0.25, 0.3) is 11.0 Å². The van der Waals surface area contributed by atoms with E-state index < -0.39 is 0 Å². The molecular formula is C20H21NO4. The molecule has 0 saturated heterocycles. The predicted octanol–water partition coefficient (Wildman–Crippen LogP) is 3.14. The van der Waals surface area contributed by atoms with Crippen molar-refractivity contribution < 1.29 is 13.9 Å². The Labute approximate surface area is 146 Å². The molecule has 0 saturated carbocycles. The number of rotatable bonds is 7. The van der Waals surface area contributed by atoms with Crippen LogP contribution in [0.15, 0.2) is 57.7 Å². The van der Waals surface area contributed by atoms with Gasteiger partial charge in [0, 0.05) is 24.1 Å². The summed E-state index contributed by atoms with van der Waals surface area (Å²) in [6, 6.07) is 15.0. The van der Waals surface area contributed by atoms with Gasteiger partial charge in [-0.2, -0.15) is 0 Å². The van der Waals surface area contributed by atoms with Crippen molar-refractivity contribution in [1.82, 2.24) is 5.32 Å². The fraction of sp³-hybridized carbons (Fsp3) is 0.250. The zero-order chi connectivity index (χ0) is 17.6. The van der Waals surface area contributed by atoms with Crippen LogP contribution >= 0.6 is 0 Å². The first-order valence-electron chi connectivity index (χ1n) is 8.14. The number of fused-ring (bicyclic) bond motifs is 1. The Kier molecular flexibility index (Phi) is 5.36. The van der Waals surface area contributed by atoms with Gasteiger partial charge in [-0.05, 0) is 42.3 Å². The highest BCUT2D eigenvalue weighted by molar-refractivity contribution is 5.81. The van der Waals surface area contributed by atoms with E-state index in [1.54, 1.807) is 20.3 Å². The monoisotopic (exact) mass is 339 g/mol. The van der Waals surface area contributed by atoms with Crippen molar-refractivity contribution in [2.75, 3.05) is 20.8 Å². The van der Waals surface area contributed by atoms with E-state index in [-0.39, 0.29) is 5.63 Å². The van der Waals surface area contributed by atoms with E-state index in [4.69, 9.17) is 13.9 Å². The third-order valence-corrected chi connectivity index (χ3v) is 4.12. The third kappa shape index (κ3) is 4.00. The van der Waals surface area contributed by atoms with Gasteiger partial charge in [-0.3, -0.25) is 0 Å². The van der Waals surface area contributed by atoms with Crippen molar-refractivity contribution in [3.05, 3.63) is 70.1 Å². The second-order valence-electron chi connectivity index (χ2n) is 5.69. The Balaban J connectivity index is 1.70. The number of methoxy groups -OCH3 is 2. The summed E-state index contributed by atoms with van der Waals surface area (Å²) in [6.07, 6.45) is 0.844. The number of para-hydroxylation sites is 1. The predicted molar refractivity (Wildman–Crippen MR) is 97.4 cm³/mol. The molecule has 25 heavy (non-hydrogen) atoms. The Morgan fingerprint density at radius 3 is 2.64 bits per heavy atom. The van der Waals surface area contributed by atoms with E-state index in [0.29, 0.717) is 17.9 Å². The van der Waals surface area contributed by atoms with Crippen molar-refractivity contribution in [3.63, 3.8) is 0 Å². The van der Waals surface area contributed by atoms with Crippen LogP contribution in [0.4, 0.5) is 0 Å². The normalized spacial score (nSPS) is 10.8. The molecule has 0 aliphatic rings. The standard InChI is InChI=1S/C20H21NO4/c1-23-16-7-8-17-15(11-20(22)25-19(17)12-16)13-21-10-9-14-5-3-4-6-18(14)24-2/h3-8,11-12,21H,9-10,13H2,1-2H3. The molecule has 0 aliphatic heterocycles. The number of nitrogens with one attached hydrogen (secondary N) is 1. The molecule has 1 heterocycles. The molecule has 130 valence electrons. The van der Waals surface area contributed by atoms with Crippen LogP contribution in [0.3, 0.4) is 0 Å². The van der Waals surface area contributed by atoms with Crippen LogP contribution in [0.1, 0.15) is 11.1 Å². The lowest BCUT2D eigenvalue weighted by molar-refractivity contribution is 0.409. The molecule has 3 aromatic rings. The molecule has 0 radical (unpaired) electrons. The second kappa shape index (κ2) is 7.85. The summed E-state index contributed by atoms with van der Waals surface area (Å²) < 4.78 is 15.8. The Morgan fingerprint density at radius 2 is 1.84 bits per heavy atom. The van der Waals surface area contributed by atoms with Gasteiger partial charge in [-0.15, -0.1) is 0 Å². The van der Waals surface area contributed by atoms with Crippen molar-refractivity contribution in [3.8, 4) is 11.5 Å². The average molecular weight is 339 g/mol. The minimum absolute atomic E-state index is 0.359. The Morgan fingerprint density at radius 1 is 1.00 bits per heavy atom. The Bertz CT molecular complexity index is 917. The quantitative estimate of drug-likeness (QED) is 0.529. The lowest BCUT2D eigenvalue weighted by Gasteiger charge is -2.10. The maximum absolute atomic E-state index is 11.8. The summed E-state index contributed by atoms with van der Waals surface area (Å²) in [5.41, 5.74) is 2.24. The molecule has 0 atom stereocenters. The molecule has 0 bridgehead atoms. The van der Waals surface area contributed by atoms with E-state index in [1.165, 1.54) is 6.07 Å². The topological polar surface area (TPSA) is 60.7 Å². The zero-order valence-corrected chi connectivity index (χ0v) is 14.4.